The van der Waals surface area contributed by atoms with Gasteiger partial charge in [0.05, 0.1) is 19.3 Å². The van der Waals surface area contributed by atoms with Gasteiger partial charge in [-0.3, -0.25) is 4.79 Å². The zero-order chi connectivity index (χ0) is 14.7. The molecule has 0 bridgehead atoms. The number of nitrogens with zero attached hydrogens (tertiary/aromatic N) is 1. The minimum Gasteiger partial charge on any atom is -0.481 e. The van der Waals surface area contributed by atoms with Gasteiger partial charge in [-0.25, -0.2) is 4.79 Å². The van der Waals surface area contributed by atoms with E-state index in [1.165, 1.54) is 11.3 Å². The van der Waals surface area contributed by atoms with E-state index in [9.17, 15) is 9.59 Å². The molecule has 0 aromatic rings. The van der Waals surface area contributed by atoms with E-state index in [1.807, 2.05) is 0 Å². The Bertz CT molecular complexity index is 374. The van der Waals surface area contributed by atoms with Crippen LogP contribution in [-0.4, -0.2) is 54.9 Å². The second-order valence-corrected chi connectivity index (χ2v) is 6.13. The third-order valence-electron chi connectivity index (χ3n) is 4.53. The van der Waals surface area contributed by atoms with E-state index in [2.05, 4.69) is 12.2 Å². The number of aliphatic carboxylic acids is 1. The number of hydrogen-bond acceptors (Lipinski definition) is 3. The van der Waals surface area contributed by atoms with Crippen LogP contribution < -0.4 is 5.32 Å². The van der Waals surface area contributed by atoms with Gasteiger partial charge in [-0.15, -0.1) is 0 Å². The second kappa shape index (κ2) is 6.43. The van der Waals surface area contributed by atoms with Crippen molar-refractivity contribution in [3.63, 3.8) is 0 Å². The highest BCUT2D eigenvalue weighted by atomic mass is 16.5. The Morgan fingerprint density at radius 2 is 2.10 bits per heavy atom. The van der Waals surface area contributed by atoms with Crippen LogP contribution in [0.25, 0.3) is 0 Å². The Hall–Kier alpha value is -1.30. The lowest BCUT2D eigenvalue weighted by Crippen LogP contribution is -2.49. The minimum absolute atomic E-state index is 0.178. The number of carboxylic acid groups (broad SMARTS) is 1. The SMILES string of the molecule is CC1CCC(CNC(=O)N(C)C2COCC2C(=O)O)C1. The van der Waals surface area contributed by atoms with Gasteiger partial charge in [0.2, 0.25) is 0 Å². The van der Waals surface area contributed by atoms with Crippen LogP contribution in [0.1, 0.15) is 26.2 Å². The van der Waals surface area contributed by atoms with Crippen molar-refractivity contribution in [2.45, 2.75) is 32.2 Å². The number of hydrogen-bond donors (Lipinski definition) is 2. The summed E-state index contributed by atoms with van der Waals surface area (Å²) in [6, 6.07) is -0.582. The van der Waals surface area contributed by atoms with Crippen molar-refractivity contribution in [3.05, 3.63) is 0 Å². The lowest BCUT2D eigenvalue weighted by Gasteiger charge is -2.27. The molecule has 4 unspecified atom stereocenters. The number of rotatable bonds is 4. The molecule has 0 spiro atoms. The van der Waals surface area contributed by atoms with Crippen LogP contribution in [0.15, 0.2) is 0 Å². The topological polar surface area (TPSA) is 78.9 Å². The first-order valence-electron chi connectivity index (χ1n) is 7.30. The third kappa shape index (κ3) is 3.42. The Kier molecular flexibility index (Phi) is 4.86. The summed E-state index contributed by atoms with van der Waals surface area (Å²) in [6.07, 6.45) is 3.55. The predicted octanol–water partition coefficient (Wildman–Crippen LogP) is 1.16. The molecule has 4 atom stereocenters. The Labute approximate surface area is 119 Å². The van der Waals surface area contributed by atoms with Crippen LogP contribution in [0.2, 0.25) is 0 Å². The van der Waals surface area contributed by atoms with Gasteiger partial charge in [-0.2, -0.15) is 0 Å². The summed E-state index contributed by atoms with van der Waals surface area (Å²) in [5, 5.41) is 12.0. The molecule has 2 fully saturated rings. The van der Waals surface area contributed by atoms with E-state index in [-0.39, 0.29) is 18.7 Å². The van der Waals surface area contributed by atoms with Gasteiger partial charge in [-0.05, 0) is 24.7 Å². The first-order chi connectivity index (χ1) is 9.49. The molecule has 6 heteroatoms. The Balaban J connectivity index is 1.81. The van der Waals surface area contributed by atoms with Gasteiger partial charge in [0.15, 0.2) is 0 Å². The van der Waals surface area contributed by atoms with E-state index >= 15 is 0 Å². The lowest BCUT2D eigenvalue weighted by atomic mass is 10.0. The van der Waals surface area contributed by atoms with Crippen LogP contribution in [-0.2, 0) is 9.53 Å². The van der Waals surface area contributed by atoms with Gasteiger partial charge < -0.3 is 20.1 Å². The van der Waals surface area contributed by atoms with E-state index in [0.717, 1.165) is 18.8 Å². The molecule has 20 heavy (non-hydrogen) atoms. The van der Waals surface area contributed by atoms with E-state index in [1.54, 1.807) is 7.05 Å². The molecule has 2 amide bonds. The molecule has 0 radical (unpaired) electrons. The summed E-state index contributed by atoms with van der Waals surface area (Å²) >= 11 is 0. The number of amides is 2. The lowest BCUT2D eigenvalue weighted by molar-refractivity contribution is -0.142. The van der Waals surface area contributed by atoms with E-state index in [0.29, 0.717) is 19.1 Å². The molecular weight excluding hydrogens is 260 g/mol. The molecule has 1 saturated carbocycles. The first kappa shape index (κ1) is 15.1. The molecular formula is C14H24N2O4. The zero-order valence-electron chi connectivity index (χ0n) is 12.2. The zero-order valence-corrected chi connectivity index (χ0v) is 12.2. The van der Waals surface area contributed by atoms with Crippen LogP contribution >= 0.6 is 0 Å². The monoisotopic (exact) mass is 284 g/mol. The summed E-state index contributed by atoms with van der Waals surface area (Å²) in [5.74, 6) is -0.235. The van der Waals surface area contributed by atoms with Crippen LogP contribution in [0.5, 0.6) is 0 Å². The number of carboxylic acids is 1. The molecule has 6 nitrogen and oxygen atoms in total. The average Bonchev–Trinajstić information content (AvgIpc) is 3.03. The quantitative estimate of drug-likeness (QED) is 0.812. The highest BCUT2D eigenvalue weighted by Gasteiger charge is 2.38. The number of urea groups is 1. The van der Waals surface area contributed by atoms with Gasteiger partial charge in [-0.1, -0.05) is 13.3 Å². The standard InChI is InChI=1S/C14H24N2O4/c1-9-3-4-10(5-9)6-15-14(19)16(2)12-8-20-7-11(12)13(17)18/h9-12H,3-8H2,1-2H3,(H,15,19)(H,17,18). The summed E-state index contributed by atoms with van der Waals surface area (Å²) in [6.45, 7) is 3.39. The third-order valence-corrected chi connectivity index (χ3v) is 4.53. The summed E-state index contributed by atoms with van der Waals surface area (Å²) < 4.78 is 5.19. The van der Waals surface area contributed by atoms with E-state index in [4.69, 9.17) is 9.84 Å². The number of carbonyl (C=O) groups is 2. The first-order valence-corrected chi connectivity index (χ1v) is 7.30. The van der Waals surface area contributed by atoms with Crippen molar-refractivity contribution in [3.8, 4) is 0 Å². The molecule has 1 aliphatic carbocycles. The number of ether oxygens (including phenoxy) is 1. The highest BCUT2D eigenvalue weighted by Crippen LogP contribution is 2.29. The normalized spacial score (nSPS) is 33.1. The van der Waals surface area contributed by atoms with Crippen molar-refractivity contribution in [2.75, 3.05) is 26.8 Å². The molecule has 2 aliphatic rings. The van der Waals surface area contributed by atoms with Crippen LogP contribution in [0.4, 0.5) is 4.79 Å². The van der Waals surface area contributed by atoms with Gasteiger partial charge in [0, 0.05) is 13.6 Å². The molecule has 1 heterocycles. The molecule has 1 saturated heterocycles. The summed E-state index contributed by atoms with van der Waals surface area (Å²) in [5.41, 5.74) is 0. The van der Waals surface area contributed by atoms with E-state index < -0.39 is 11.9 Å². The second-order valence-electron chi connectivity index (χ2n) is 6.13. The number of nitrogens with one attached hydrogen (secondary N) is 1. The van der Waals surface area contributed by atoms with Gasteiger partial charge in [0.1, 0.15) is 5.92 Å². The van der Waals surface area contributed by atoms with Crippen molar-refractivity contribution in [1.29, 1.82) is 0 Å². The molecule has 0 aromatic carbocycles. The average molecular weight is 284 g/mol. The maximum atomic E-state index is 12.1. The Morgan fingerprint density at radius 1 is 1.35 bits per heavy atom. The summed E-state index contributed by atoms with van der Waals surface area (Å²) in [4.78, 5) is 24.7. The van der Waals surface area contributed by atoms with Crippen molar-refractivity contribution in [1.82, 2.24) is 10.2 Å². The predicted molar refractivity (Wildman–Crippen MR) is 73.4 cm³/mol. The molecule has 2 N–H and O–H groups in total. The van der Waals surface area contributed by atoms with Crippen molar-refractivity contribution < 1.29 is 19.4 Å². The maximum Gasteiger partial charge on any atom is 0.317 e. The fraction of sp³-hybridized carbons (Fsp3) is 0.857. The minimum atomic E-state index is -0.906. The fourth-order valence-corrected chi connectivity index (χ4v) is 3.18. The fourth-order valence-electron chi connectivity index (χ4n) is 3.18. The number of likely N-dealkylation sites (N-methyl/N-ethyl adjacent to an activating group) is 1. The van der Waals surface area contributed by atoms with Crippen molar-refractivity contribution in [2.24, 2.45) is 17.8 Å². The highest BCUT2D eigenvalue weighted by molar-refractivity contribution is 5.77. The Morgan fingerprint density at radius 3 is 2.70 bits per heavy atom. The van der Waals surface area contributed by atoms with Crippen LogP contribution in [0.3, 0.4) is 0 Å². The van der Waals surface area contributed by atoms with Crippen LogP contribution in [0, 0.1) is 17.8 Å². The van der Waals surface area contributed by atoms with Crippen molar-refractivity contribution >= 4 is 12.0 Å². The largest absolute Gasteiger partial charge is 0.481 e. The van der Waals surface area contributed by atoms with Gasteiger partial charge in [0.25, 0.3) is 0 Å². The molecule has 114 valence electrons. The van der Waals surface area contributed by atoms with Gasteiger partial charge >= 0.3 is 12.0 Å². The maximum absolute atomic E-state index is 12.1. The smallest absolute Gasteiger partial charge is 0.317 e. The molecule has 1 aliphatic heterocycles. The number of carbonyl (C=O) groups excluding carboxylic acids is 1. The summed E-state index contributed by atoms with van der Waals surface area (Å²) in [7, 11) is 1.64. The molecule has 2 rings (SSSR count). The molecule has 0 aromatic heterocycles.